The number of piperidine rings is 1. The number of aliphatic hydroxyl groups excluding tert-OH is 1. The molecule has 1 atom stereocenters. The lowest BCUT2D eigenvalue weighted by molar-refractivity contribution is -0.385. The van der Waals surface area contributed by atoms with Gasteiger partial charge in [-0.25, -0.2) is 0 Å². The number of hydrogen-bond acceptors (Lipinski definition) is 5. The van der Waals surface area contributed by atoms with E-state index in [9.17, 15) is 14.9 Å². The minimum absolute atomic E-state index is 0.00703. The Labute approximate surface area is 128 Å². The highest BCUT2D eigenvalue weighted by atomic mass is 16.6. The van der Waals surface area contributed by atoms with E-state index in [1.54, 1.807) is 11.0 Å². The van der Waals surface area contributed by atoms with Crippen LogP contribution in [0.15, 0.2) is 18.2 Å². The van der Waals surface area contributed by atoms with Gasteiger partial charge in [-0.05, 0) is 37.8 Å². The molecule has 1 aromatic rings. The molecule has 1 fully saturated rings. The second-order valence-corrected chi connectivity index (χ2v) is 5.30. The number of methoxy groups -OCH3 is 1. The lowest BCUT2D eigenvalue weighted by Gasteiger charge is -2.35. The topological polar surface area (TPSA) is 92.9 Å². The summed E-state index contributed by atoms with van der Waals surface area (Å²) in [6.07, 6.45) is 3.32. The summed E-state index contributed by atoms with van der Waals surface area (Å²) in [6.45, 7) is 0.639. The Bertz CT molecular complexity index is 559. The molecule has 1 N–H and O–H groups in total. The van der Waals surface area contributed by atoms with Gasteiger partial charge in [0, 0.05) is 30.8 Å². The molecule has 0 aliphatic carbocycles. The second-order valence-electron chi connectivity index (χ2n) is 5.30. The van der Waals surface area contributed by atoms with Crippen molar-refractivity contribution in [3.63, 3.8) is 0 Å². The van der Waals surface area contributed by atoms with Crippen molar-refractivity contribution in [2.45, 2.75) is 31.7 Å². The largest absolute Gasteiger partial charge is 0.490 e. The van der Waals surface area contributed by atoms with Gasteiger partial charge in [0.05, 0.1) is 12.0 Å². The predicted molar refractivity (Wildman–Crippen MR) is 80.0 cm³/mol. The molecule has 1 amide bonds. The quantitative estimate of drug-likeness (QED) is 0.663. The van der Waals surface area contributed by atoms with Crippen LogP contribution in [-0.2, 0) is 0 Å². The molecule has 0 aromatic heterocycles. The Hall–Kier alpha value is -2.15. The van der Waals surface area contributed by atoms with Crippen LogP contribution in [0, 0.1) is 10.1 Å². The van der Waals surface area contributed by atoms with Crippen LogP contribution < -0.4 is 4.74 Å². The van der Waals surface area contributed by atoms with E-state index in [-0.39, 0.29) is 35.6 Å². The number of nitrogens with zero attached hydrogens (tertiary/aromatic N) is 2. The van der Waals surface area contributed by atoms with Crippen LogP contribution in [0.25, 0.3) is 0 Å². The summed E-state index contributed by atoms with van der Waals surface area (Å²) < 4.78 is 4.95. The molecule has 1 aliphatic heterocycles. The highest BCUT2D eigenvalue weighted by Gasteiger charge is 2.28. The van der Waals surface area contributed by atoms with Crippen molar-refractivity contribution in [3.8, 4) is 5.75 Å². The third-order valence-corrected chi connectivity index (χ3v) is 3.97. The van der Waals surface area contributed by atoms with Gasteiger partial charge in [0.15, 0.2) is 5.75 Å². The van der Waals surface area contributed by atoms with Crippen molar-refractivity contribution in [2.75, 3.05) is 20.3 Å². The third kappa shape index (κ3) is 3.36. The molecular weight excluding hydrogens is 288 g/mol. The van der Waals surface area contributed by atoms with Crippen LogP contribution >= 0.6 is 0 Å². The van der Waals surface area contributed by atoms with Crippen molar-refractivity contribution in [2.24, 2.45) is 0 Å². The highest BCUT2D eigenvalue weighted by molar-refractivity contribution is 5.95. The van der Waals surface area contributed by atoms with Gasteiger partial charge in [0.25, 0.3) is 5.91 Å². The van der Waals surface area contributed by atoms with E-state index in [0.717, 1.165) is 19.3 Å². The average Bonchev–Trinajstić information content (AvgIpc) is 2.54. The summed E-state index contributed by atoms with van der Waals surface area (Å²) in [7, 11) is 1.35. The first kappa shape index (κ1) is 16.2. The van der Waals surface area contributed by atoms with Crippen molar-refractivity contribution >= 4 is 11.6 Å². The molecule has 2 rings (SSSR count). The molecule has 0 saturated carbocycles. The number of likely N-dealkylation sites (tertiary alicyclic amines) is 1. The molecule has 1 aliphatic rings. The molecule has 1 aromatic carbocycles. The maximum absolute atomic E-state index is 12.6. The van der Waals surface area contributed by atoms with E-state index < -0.39 is 4.92 Å². The first-order chi connectivity index (χ1) is 10.6. The Balaban J connectivity index is 2.28. The van der Waals surface area contributed by atoms with E-state index in [0.29, 0.717) is 13.0 Å². The fraction of sp³-hybridized carbons (Fsp3) is 0.533. The Kier molecular flexibility index (Phi) is 5.32. The molecule has 7 nitrogen and oxygen atoms in total. The number of carbonyl (C=O) groups is 1. The number of rotatable bonds is 5. The van der Waals surface area contributed by atoms with Gasteiger partial charge in [-0.1, -0.05) is 0 Å². The molecule has 0 spiro atoms. The molecule has 1 saturated heterocycles. The second kappa shape index (κ2) is 7.22. The molecular formula is C15H20N2O5. The van der Waals surface area contributed by atoms with Gasteiger partial charge in [-0.3, -0.25) is 14.9 Å². The fourth-order valence-electron chi connectivity index (χ4n) is 2.85. The molecule has 1 unspecified atom stereocenters. The Morgan fingerprint density at radius 1 is 1.50 bits per heavy atom. The number of nitro benzene ring substituents is 1. The predicted octanol–water partition coefficient (Wildman–Crippen LogP) is 1.98. The number of amides is 1. The fourth-order valence-corrected chi connectivity index (χ4v) is 2.85. The van der Waals surface area contributed by atoms with Crippen LogP contribution in [0.5, 0.6) is 5.75 Å². The summed E-state index contributed by atoms with van der Waals surface area (Å²) >= 11 is 0. The average molecular weight is 308 g/mol. The highest BCUT2D eigenvalue weighted by Crippen LogP contribution is 2.29. The number of nitro groups is 1. The minimum Gasteiger partial charge on any atom is -0.490 e. The van der Waals surface area contributed by atoms with Gasteiger partial charge in [-0.2, -0.15) is 0 Å². The van der Waals surface area contributed by atoms with E-state index in [1.807, 2.05) is 0 Å². The van der Waals surface area contributed by atoms with Crippen molar-refractivity contribution in [1.29, 1.82) is 0 Å². The van der Waals surface area contributed by atoms with Crippen LogP contribution in [0.2, 0.25) is 0 Å². The van der Waals surface area contributed by atoms with Gasteiger partial charge >= 0.3 is 5.69 Å². The first-order valence-corrected chi connectivity index (χ1v) is 7.32. The van der Waals surface area contributed by atoms with Crippen LogP contribution in [0.1, 0.15) is 36.0 Å². The molecule has 7 heteroatoms. The van der Waals surface area contributed by atoms with Crippen LogP contribution in [-0.4, -0.2) is 47.1 Å². The Morgan fingerprint density at radius 2 is 2.27 bits per heavy atom. The Morgan fingerprint density at radius 3 is 2.91 bits per heavy atom. The van der Waals surface area contributed by atoms with Crippen LogP contribution in [0.4, 0.5) is 5.69 Å². The third-order valence-electron chi connectivity index (χ3n) is 3.97. The van der Waals surface area contributed by atoms with E-state index in [4.69, 9.17) is 9.84 Å². The smallest absolute Gasteiger partial charge is 0.311 e. The molecule has 120 valence electrons. The van der Waals surface area contributed by atoms with E-state index in [1.165, 1.54) is 19.2 Å². The maximum Gasteiger partial charge on any atom is 0.311 e. The van der Waals surface area contributed by atoms with Crippen LogP contribution in [0.3, 0.4) is 0 Å². The SMILES string of the molecule is COc1ccc(C(=O)N2CCCCC2CCO)cc1[N+](=O)[O-]. The monoisotopic (exact) mass is 308 g/mol. The number of aliphatic hydroxyl groups is 1. The molecule has 0 bridgehead atoms. The van der Waals surface area contributed by atoms with E-state index in [2.05, 4.69) is 0 Å². The van der Waals surface area contributed by atoms with Gasteiger partial charge in [0.2, 0.25) is 0 Å². The summed E-state index contributed by atoms with van der Waals surface area (Å²) in [5.74, 6) is -0.101. The van der Waals surface area contributed by atoms with Gasteiger partial charge < -0.3 is 14.7 Å². The normalized spacial score (nSPS) is 18.1. The first-order valence-electron chi connectivity index (χ1n) is 7.32. The molecule has 22 heavy (non-hydrogen) atoms. The van der Waals surface area contributed by atoms with Crippen molar-refractivity contribution in [1.82, 2.24) is 4.90 Å². The van der Waals surface area contributed by atoms with Crippen molar-refractivity contribution in [3.05, 3.63) is 33.9 Å². The number of benzene rings is 1. The summed E-state index contributed by atoms with van der Waals surface area (Å²) in [5, 5.41) is 20.2. The molecule has 1 heterocycles. The number of hydrogen-bond donors (Lipinski definition) is 1. The summed E-state index contributed by atoms with van der Waals surface area (Å²) in [5.41, 5.74) is 0.0569. The van der Waals surface area contributed by atoms with Gasteiger partial charge in [-0.15, -0.1) is 0 Å². The maximum atomic E-state index is 12.6. The zero-order valence-electron chi connectivity index (χ0n) is 12.5. The number of carbonyl (C=O) groups excluding carboxylic acids is 1. The van der Waals surface area contributed by atoms with Crippen molar-refractivity contribution < 1.29 is 19.6 Å². The zero-order chi connectivity index (χ0) is 16.1. The number of ether oxygens (including phenoxy) is 1. The summed E-state index contributed by atoms with van der Waals surface area (Å²) in [6, 6.07) is 4.23. The zero-order valence-corrected chi connectivity index (χ0v) is 12.5. The van der Waals surface area contributed by atoms with Gasteiger partial charge in [0.1, 0.15) is 0 Å². The lowest BCUT2D eigenvalue weighted by Crippen LogP contribution is -2.44. The summed E-state index contributed by atoms with van der Waals surface area (Å²) in [4.78, 5) is 24.9. The standard InChI is InChI=1S/C15H20N2O5/c1-22-14-6-5-11(10-13(14)17(20)21)15(19)16-8-3-2-4-12(16)7-9-18/h5-6,10,12,18H,2-4,7-9H2,1H3. The minimum atomic E-state index is -0.559. The lowest BCUT2D eigenvalue weighted by atomic mass is 9.98. The molecule has 0 radical (unpaired) electrons. The van der Waals surface area contributed by atoms with E-state index >= 15 is 0 Å².